The molecule has 8 aromatic heterocycles. The third-order valence-electron chi connectivity index (χ3n) is 14.6. The zero-order chi connectivity index (χ0) is 82.3. The first-order valence-corrected chi connectivity index (χ1v) is 33.1. The molecule has 42 heteroatoms. The highest BCUT2D eigenvalue weighted by Gasteiger charge is 2.36. The standard InChI is InChI=1S/C18H14ClF3N6O.C18H16F3N7O.2C18H15F3N6O/c1-11-6-12(7-14(16(11)19)18(20,21)22)17-26-10-28(27-17)5-2-13(29)8-25-15-9-23-3-4-24-15;1-11-5-13(8-14(6-11)18(19,20)21)17-24-10-28(27-17)4-3-16(29)26-25-15-7-12(2)22-9-23-15;1-12-8-13(10-14(9-12)18(19,20)21)17-23-11-27(26-17)7-4-16(28)25-24-15-2-5-22-6-3-15;1-12-6-13(8-14(7-12)18(19,20)21)17-25-11-27(26-17)5-2-16(28)24-10-15-9-22-3-4-23-15/h2-7,9-10H,8H2,1H3,(H,24,25);3-10H,1-2H3,(H,26,29)(H,22,23,25);2-11H,1H3,(H,22,24)(H,25,28);2-9,11H,10H2,1H3,(H,24,28)/b5-2-;4-3-;7-4-;5-2+. The Labute approximate surface area is 642 Å². The van der Waals surface area contributed by atoms with Gasteiger partial charge in [0.25, 0.3) is 11.8 Å². The van der Waals surface area contributed by atoms with E-state index in [2.05, 4.69) is 108 Å². The van der Waals surface area contributed by atoms with E-state index < -0.39 is 64.7 Å². The van der Waals surface area contributed by atoms with E-state index in [1.807, 2.05) is 0 Å². The summed E-state index contributed by atoms with van der Waals surface area (Å²) in [6.07, 6.45) is 11.0. The molecule has 588 valence electrons. The molecule has 6 N–H and O–H groups in total. The normalized spacial score (nSPS) is 11.7. The van der Waals surface area contributed by atoms with Crippen molar-refractivity contribution >= 4 is 77.2 Å². The van der Waals surface area contributed by atoms with Crippen molar-refractivity contribution < 1.29 is 71.9 Å². The molecule has 0 aliphatic rings. The van der Waals surface area contributed by atoms with Crippen molar-refractivity contribution in [2.75, 3.05) is 22.7 Å². The number of anilines is 3. The van der Waals surface area contributed by atoms with Gasteiger partial charge in [0.05, 0.1) is 64.1 Å². The number of ketones is 1. The first kappa shape index (κ1) is 83.8. The van der Waals surface area contributed by atoms with Crippen LogP contribution in [0.1, 0.15) is 55.9 Å². The zero-order valence-electron chi connectivity index (χ0n) is 59.7. The van der Waals surface area contributed by atoms with Gasteiger partial charge in [-0.2, -0.15) is 52.7 Å². The first-order chi connectivity index (χ1) is 54.1. The Morgan fingerprint density at radius 3 is 1.30 bits per heavy atom. The van der Waals surface area contributed by atoms with Crippen LogP contribution in [-0.2, 0) is 50.4 Å². The van der Waals surface area contributed by atoms with Crippen LogP contribution >= 0.6 is 11.6 Å². The number of carbonyl (C=O) groups is 4. The van der Waals surface area contributed by atoms with Gasteiger partial charge in [-0.25, -0.2) is 53.6 Å². The fourth-order valence-corrected chi connectivity index (χ4v) is 9.64. The molecule has 0 saturated heterocycles. The van der Waals surface area contributed by atoms with Crippen molar-refractivity contribution in [3.05, 3.63) is 251 Å². The molecule has 0 saturated carbocycles. The number of carbonyl (C=O) groups excluding carboxylic acids is 4. The minimum atomic E-state index is -4.59. The monoisotopic (exact) mass is 1600 g/mol. The summed E-state index contributed by atoms with van der Waals surface area (Å²) in [4.78, 5) is 90.9. The lowest BCUT2D eigenvalue weighted by molar-refractivity contribution is -0.138. The van der Waals surface area contributed by atoms with E-state index in [-0.39, 0.29) is 75.0 Å². The first-order valence-electron chi connectivity index (χ1n) is 32.8. The highest BCUT2D eigenvalue weighted by molar-refractivity contribution is 6.32. The topological polar surface area (TPSA) is 354 Å². The van der Waals surface area contributed by atoms with Crippen LogP contribution in [0.4, 0.5) is 70.0 Å². The van der Waals surface area contributed by atoms with Gasteiger partial charge in [-0.3, -0.25) is 60.8 Å². The summed E-state index contributed by atoms with van der Waals surface area (Å²) < 4.78 is 161. The van der Waals surface area contributed by atoms with Gasteiger partial charge in [0.1, 0.15) is 43.3 Å². The van der Waals surface area contributed by atoms with Crippen molar-refractivity contribution in [1.82, 2.24) is 110 Å². The predicted molar refractivity (Wildman–Crippen MR) is 391 cm³/mol. The number of rotatable bonds is 21. The number of hydrogen-bond donors (Lipinski definition) is 6. The average Bonchev–Trinajstić information content (AvgIpc) is 1.36. The second-order valence-corrected chi connectivity index (χ2v) is 24.1. The molecule has 0 bridgehead atoms. The number of alkyl halides is 12. The average molecular weight is 1600 g/mol. The number of halogens is 13. The van der Waals surface area contributed by atoms with Crippen LogP contribution in [0.3, 0.4) is 0 Å². The molecule has 0 spiro atoms. The summed E-state index contributed by atoms with van der Waals surface area (Å²) in [5.74, 6) is -0.307. The van der Waals surface area contributed by atoms with Crippen molar-refractivity contribution in [2.45, 2.75) is 65.9 Å². The third-order valence-corrected chi connectivity index (χ3v) is 15.1. The van der Waals surface area contributed by atoms with Gasteiger partial charge >= 0.3 is 24.7 Å². The molecule has 0 aliphatic carbocycles. The molecule has 29 nitrogen and oxygen atoms in total. The minimum absolute atomic E-state index is 0.0118. The van der Waals surface area contributed by atoms with Crippen molar-refractivity contribution in [3.8, 4) is 45.6 Å². The predicted octanol–water partition coefficient (Wildman–Crippen LogP) is 13.0. The van der Waals surface area contributed by atoms with Crippen molar-refractivity contribution in [1.29, 1.82) is 0 Å². The Morgan fingerprint density at radius 1 is 0.430 bits per heavy atom. The number of pyridine rings is 1. The van der Waals surface area contributed by atoms with Crippen LogP contribution < -0.4 is 32.3 Å². The van der Waals surface area contributed by atoms with Crippen LogP contribution in [0.5, 0.6) is 0 Å². The number of aryl methyl sites for hydroxylation is 5. The number of nitrogens with one attached hydrogen (secondary N) is 6. The Bertz CT molecular complexity index is 5270. The second kappa shape index (κ2) is 37.9. The fraction of sp³-hybridized carbons (Fsp3) is 0.153. The van der Waals surface area contributed by atoms with E-state index in [9.17, 15) is 71.9 Å². The number of hydrogen-bond acceptors (Lipinski definition) is 22. The second-order valence-electron chi connectivity index (χ2n) is 23.7. The highest BCUT2D eigenvalue weighted by Crippen LogP contribution is 2.40. The van der Waals surface area contributed by atoms with Gasteiger partial charge in [0, 0.05) is 120 Å². The molecular weight excluding hydrogens is 1540 g/mol. The quantitative estimate of drug-likeness (QED) is 0.0221. The molecule has 0 unspecified atom stereocenters. The van der Waals surface area contributed by atoms with Gasteiger partial charge in [-0.05, 0) is 136 Å². The lowest BCUT2D eigenvalue weighted by Gasteiger charge is -2.12. The number of nitrogens with zero attached hydrogens (tertiary/aromatic N) is 19. The van der Waals surface area contributed by atoms with Crippen LogP contribution in [-0.4, -0.2) is 124 Å². The largest absolute Gasteiger partial charge is 0.417 e. The molecule has 114 heavy (non-hydrogen) atoms. The summed E-state index contributed by atoms with van der Waals surface area (Å²) in [5, 5.41) is 21.4. The molecule has 0 atom stereocenters. The van der Waals surface area contributed by atoms with E-state index in [4.69, 9.17) is 11.6 Å². The summed E-state index contributed by atoms with van der Waals surface area (Å²) in [6, 6.07) is 18.2. The van der Waals surface area contributed by atoms with Crippen LogP contribution in [0, 0.1) is 34.6 Å². The number of hydrazine groups is 2. The lowest BCUT2D eigenvalue weighted by atomic mass is 10.1. The van der Waals surface area contributed by atoms with E-state index in [0.717, 1.165) is 48.2 Å². The van der Waals surface area contributed by atoms with Crippen molar-refractivity contribution in [3.63, 3.8) is 0 Å². The summed E-state index contributed by atoms with van der Waals surface area (Å²) in [7, 11) is 0. The Balaban J connectivity index is 0.000000174. The number of amides is 3. The molecule has 0 aliphatic heterocycles. The molecule has 0 radical (unpaired) electrons. The van der Waals surface area contributed by atoms with Crippen molar-refractivity contribution in [2.24, 2.45) is 0 Å². The smallest absolute Gasteiger partial charge is 0.361 e. The zero-order valence-corrected chi connectivity index (χ0v) is 60.4. The molecule has 0 fully saturated rings. The van der Waals surface area contributed by atoms with Gasteiger partial charge in [-0.15, -0.1) is 20.4 Å². The maximum Gasteiger partial charge on any atom is 0.417 e. The highest BCUT2D eigenvalue weighted by atomic mass is 35.5. The summed E-state index contributed by atoms with van der Waals surface area (Å²) in [6.45, 7) is 8.15. The number of benzene rings is 4. The van der Waals surface area contributed by atoms with E-state index in [0.29, 0.717) is 39.7 Å². The Hall–Kier alpha value is -14.3. The van der Waals surface area contributed by atoms with Gasteiger partial charge in [0.15, 0.2) is 29.1 Å². The van der Waals surface area contributed by atoms with Crippen LogP contribution in [0.25, 0.3) is 70.4 Å². The Kier molecular flexibility index (Phi) is 27.8. The van der Waals surface area contributed by atoms with Gasteiger partial charge in [-0.1, -0.05) is 11.6 Å². The Morgan fingerprint density at radius 2 is 0.868 bits per heavy atom. The maximum atomic E-state index is 13.1. The summed E-state index contributed by atoms with van der Waals surface area (Å²) >= 11 is 5.77. The van der Waals surface area contributed by atoms with E-state index in [1.165, 1.54) is 150 Å². The SMILES string of the molecule is Cc1cc(-c2ncn(/C=C/C(=O)NCc3cnccn3)n2)cc(C(F)(F)F)c1.Cc1cc(-c2ncn(/C=C\C(=O)CNc3cnccn3)n2)cc(C(F)(F)F)c1Cl.Cc1cc(-c2ncn(/C=C\C(=O)NNc3cc(C)ncn3)n2)cc(C(F)(F)F)c1.Cc1cc(-c2ncn(/C=C\C(=O)NNc3ccncc3)n2)cc(C(F)(F)F)c1. The van der Waals surface area contributed by atoms with Gasteiger partial charge < -0.3 is 10.6 Å². The molecule has 8 heterocycles. The molecule has 3 amide bonds. The fourth-order valence-electron chi connectivity index (χ4n) is 9.43. The van der Waals surface area contributed by atoms with E-state index in [1.54, 1.807) is 76.5 Å². The number of aromatic nitrogens is 19. The molecular formula is C72H60ClF12N25O4. The third kappa shape index (κ3) is 25.9. The summed E-state index contributed by atoms with van der Waals surface area (Å²) in [5.41, 5.74) is 11.4. The minimum Gasteiger partial charge on any atom is -0.361 e. The molecule has 4 aromatic carbocycles. The molecule has 12 rings (SSSR count). The lowest BCUT2D eigenvalue weighted by Crippen LogP contribution is -2.28. The van der Waals surface area contributed by atoms with Crippen LogP contribution in [0.15, 0.2) is 190 Å². The molecule has 12 aromatic rings. The maximum absolute atomic E-state index is 13.1. The van der Waals surface area contributed by atoms with Crippen LogP contribution in [0.2, 0.25) is 5.02 Å². The van der Waals surface area contributed by atoms with Gasteiger partial charge in [0.2, 0.25) is 5.91 Å². The van der Waals surface area contributed by atoms with E-state index >= 15 is 0 Å².